The molecule has 1 fully saturated rings. The van der Waals surface area contributed by atoms with Crippen LogP contribution in [0.5, 0.6) is 11.5 Å². The fourth-order valence-electron chi connectivity index (χ4n) is 3.45. The molecule has 2 heterocycles. The largest absolute Gasteiger partial charge is 0.489 e. The average Bonchev–Trinajstić information content (AvgIpc) is 3.01. The molecule has 2 aliphatic heterocycles. The topological polar surface area (TPSA) is 76.2 Å². The molecule has 2 aromatic rings. The van der Waals surface area contributed by atoms with E-state index in [2.05, 4.69) is 0 Å². The van der Waals surface area contributed by atoms with Gasteiger partial charge in [0.1, 0.15) is 0 Å². The molecule has 1 amide bonds. The lowest BCUT2D eigenvalue weighted by Crippen LogP contribution is -2.50. The van der Waals surface area contributed by atoms with Gasteiger partial charge in [0.2, 0.25) is 10.0 Å². The molecule has 166 valence electrons. The van der Waals surface area contributed by atoms with Gasteiger partial charge < -0.3 is 14.4 Å². The number of carbonyl (C=O) groups excluding carboxylic acids is 1. The molecule has 0 spiro atoms. The van der Waals surface area contributed by atoms with Crippen LogP contribution in [0.25, 0.3) is 0 Å². The minimum Gasteiger partial charge on any atom is -0.489 e. The fourth-order valence-corrected chi connectivity index (χ4v) is 5.15. The smallest absolute Gasteiger partial charge is 0.254 e. The molecule has 31 heavy (non-hydrogen) atoms. The maximum atomic E-state index is 13.5. The lowest BCUT2D eigenvalue weighted by atomic mass is 10.1. The monoisotopic (exact) mass is 472 g/mol. The number of benzene rings is 2. The van der Waals surface area contributed by atoms with E-state index in [1.54, 1.807) is 6.07 Å². The third-order valence-corrected chi connectivity index (χ3v) is 7.28. The number of fused-ring (bicyclic) bond motifs is 1. The summed E-state index contributed by atoms with van der Waals surface area (Å²) < 4.78 is 64.4. The van der Waals surface area contributed by atoms with Gasteiger partial charge in [-0.1, -0.05) is 11.6 Å². The number of hydrogen-bond donors (Lipinski definition) is 0. The molecule has 0 atom stereocenters. The van der Waals surface area contributed by atoms with Crippen molar-refractivity contribution >= 4 is 27.5 Å². The molecular weight excluding hydrogens is 454 g/mol. The quantitative estimate of drug-likeness (QED) is 0.686. The molecule has 0 saturated carbocycles. The number of nitrogens with zero attached hydrogens (tertiary/aromatic N) is 2. The zero-order valence-electron chi connectivity index (χ0n) is 16.3. The second kappa shape index (κ2) is 8.60. The SMILES string of the molecule is O=C(c1cc(Cl)c2c(c1)OCCCO2)N1CCN(S(=O)(=O)c2ccc(F)c(F)c2)CC1. The van der Waals surface area contributed by atoms with Crippen molar-refractivity contribution in [3.8, 4) is 11.5 Å². The Morgan fingerprint density at radius 3 is 2.39 bits per heavy atom. The summed E-state index contributed by atoms with van der Waals surface area (Å²) in [5.41, 5.74) is 0.311. The maximum absolute atomic E-state index is 13.5. The van der Waals surface area contributed by atoms with Crippen molar-refractivity contribution in [2.24, 2.45) is 0 Å². The molecule has 7 nitrogen and oxygen atoms in total. The summed E-state index contributed by atoms with van der Waals surface area (Å²) in [5, 5.41) is 0.266. The van der Waals surface area contributed by atoms with Crippen LogP contribution < -0.4 is 9.47 Å². The van der Waals surface area contributed by atoms with Crippen molar-refractivity contribution in [3.05, 3.63) is 52.6 Å². The molecule has 11 heteroatoms. The number of amides is 1. The third-order valence-electron chi connectivity index (χ3n) is 5.10. The highest BCUT2D eigenvalue weighted by Crippen LogP contribution is 2.38. The van der Waals surface area contributed by atoms with Gasteiger partial charge in [-0.3, -0.25) is 4.79 Å². The zero-order chi connectivity index (χ0) is 22.2. The zero-order valence-corrected chi connectivity index (χ0v) is 17.9. The van der Waals surface area contributed by atoms with Gasteiger partial charge in [-0.05, 0) is 30.3 Å². The first kappa shape index (κ1) is 21.8. The van der Waals surface area contributed by atoms with Crippen LogP contribution >= 0.6 is 11.6 Å². The van der Waals surface area contributed by atoms with Crippen LogP contribution in [0.3, 0.4) is 0 Å². The van der Waals surface area contributed by atoms with E-state index < -0.39 is 21.7 Å². The average molecular weight is 473 g/mol. The molecule has 2 aliphatic rings. The van der Waals surface area contributed by atoms with E-state index in [0.29, 0.717) is 42.8 Å². The minimum absolute atomic E-state index is 0.0192. The predicted molar refractivity (Wildman–Crippen MR) is 108 cm³/mol. The third kappa shape index (κ3) is 4.32. The van der Waals surface area contributed by atoms with Crippen molar-refractivity contribution in [1.82, 2.24) is 9.21 Å². The van der Waals surface area contributed by atoms with Crippen molar-refractivity contribution in [2.45, 2.75) is 11.3 Å². The molecule has 0 aromatic heterocycles. The van der Waals surface area contributed by atoms with Crippen LogP contribution in [-0.4, -0.2) is 62.9 Å². The number of rotatable bonds is 3. The Balaban J connectivity index is 1.47. The number of carbonyl (C=O) groups is 1. The Morgan fingerprint density at radius 1 is 0.968 bits per heavy atom. The van der Waals surface area contributed by atoms with Crippen molar-refractivity contribution in [1.29, 1.82) is 0 Å². The van der Waals surface area contributed by atoms with Crippen LogP contribution in [0, 0.1) is 11.6 Å². The van der Waals surface area contributed by atoms with Crippen LogP contribution in [-0.2, 0) is 10.0 Å². The summed E-state index contributed by atoms with van der Waals surface area (Å²) in [7, 11) is -4.01. The summed E-state index contributed by atoms with van der Waals surface area (Å²) in [5.74, 6) is -1.88. The fraction of sp³-hybridized carbons (Fsp3) is 0.350. The number of hydrogen-bond acceptors (Lipinski definition) is 5. The molecule has 2 aromatic carbocycles. The second-order valence-corrected chi connectivity index (χ2v) is 9.45. The van der Waals surface area contributed by atoms with Crippen LogP contribution in [0.15, 0.2) is 35.2 Å². The highest BCUT2D eigenvalue weighted by Gasteiger charge is 2.31. The maximum Gasteiger partial charge on any atom is 0.254 e. The van der Waals surface area contributed by atoms with Gasteiger partial charge >= 0.3 is 0 Å². The van der Waals surface area contributed by atoms with E-state index in [4.69, 9.17) is 21.1 Å². The first-order valence-corrected chi connectivity index (χ1v) is 11.4. The first-order valence-electron chi connectivity index (χ1n) is 9.61. The molecule has 0 bridgehead atoms. The summed E-state index contributed by atoms with van der Waals surface area (Å²) in [6, 6.07) is 5.52. The van der Waals surface area contributed by atoms with E-state index in [9.17, 15) is 22.0 Å². The van der Waals surface area contributed by atoms with Crippen molar-refractivity contribution < 1.29 is 31.5 Å². The number of piperazine rings is 1. The summed E-state index contributed by atoms with van der Waals surface area (Å²) in [6.07, 6.45) is 0.697. The van der Waals surface area contributed by atoms with Crippen LogP contribution in [0.2, 0.25) is 5.02 Å². The molecular formula is C20H19ClF2N2O5S. The highest BCUT2D eigenvalue weighted by atomic mass is 35.5. The molecule has 0 radical (unpaired) electrons. The Labute approximate surface area is 183 Å². The standard InChI is InChI=1S/C20H19ClF2N2O5S/c21-15-10-13(11-18-19(15)30-9-1-8-29-18)20(26)24-4-6-25(7-5-24)31(27,28)14-2-3-16(22)17(23)12-14/h2-3,10-12H,1,4-9H2. The second-order valence-electron chi connectivity index (χ2n) is 7.11. The van der Waals surface area contributed by atoms with Crippen LogP contribution in [0.1, 0.15) is 16.8 Å². The van der Waals surface area contributed by atoms with Gasteiger partial charge in [0.25, 0.3) is 5.91 Å². The molecule has 0 N–H and O–H groups in total. The van der Waals surface area contributed by atoms with E-state index in [-0.39, 0.29) is 42.0 Å². The number of sulfonamides is 1. The van der Waals surface area contributed by atoms with Gasteiger partial charge in [-0.2, -0.15) is 4.31 Å². The normalized spacial score (nSPS) is 17.3. The lowest BCUT2D eigenvalue weighted by Gasteiger charge is -2.34. The van der Waals surface area contributed by atoms with Crippen LogP contribution in [0.4, 0.5) is 8.78 Å². The number of halogens is 3. The summed E-state index contributed by atoms with van der Waals surface area (Å²) in [4.78, 5) is 14.1. The molecule has 0 aliphatic carbocycles. The highest BCUT2D eigenvalue weighted by molar-refractivity contribution is 7.89. The van der Waals surface area contributed by atoms with Crippen molar-refractivity contribution in [2.75, 3.05) is 39.4 Å². The van der Waals surface area contributed by atoms with E-state index in [1.165, 1.54) is 11.0 Å². The van der Waals surface area contributed by atoms with Gasteiger partial charge in [0.05, 0.1) is 23.1 Å². The van der Waals surface area contributed by atoms with Gasteiger partial charge in [-0.15, -0.1) is 0 Å². The lowest BCUT2D eigenvalue weighted by molar-refractivity contribution is 0.0697. The molecule has 4 rings (SSSR count). The predicted octanol–water partition coefficient (Wildman–Crippen LogP) is 2.93. The minimum atomic E-state index is -4.01. The Morgan fingerprint density at radius 2 is 1.68 bits per heavy atom. The molecule has 0 unspecified atom stereocenters. The Bertz CT molecular complexity index is 1120. The van der Waals surface area contributed by atoms with Crippen molar-refractivity contribution in [3.63, 3.8) is 0 Å². The van der Waals surface area contributed by atoms with E-state index in [0.717, 1.165) is 16.4 Å². The number of ether oxygens (including phenoxy) is 2. The Kier molecular flexibility index (Phi) is 6.05. The van der Waals surface area contributed by atoms with Gasteiger partial charge in [-0.25, -0.2) is 17.2 Å². The van der Waals surface area contributed by atoms with Gasteiger partial charge in [0, 0.05) is 38.2 Å². The first-order chi connectivity index (χ1) is 14.8. The Hall–Kier alpha value is -2.43. The summed E-state index contributed by atoms with van der Waals surface area (Å²) >= 11 is 6.26. The molecule has 1 saturated heterocycles. The van der Waals surface area contributed by atoms with E-state index in [1.807, 2.05) is 0 Å². The summed E-state index contributed by atoms with van der Waals surface area (Å²) in [6.45, 7) is 1.22. The van der Waals surface area contributed by atoms with E-state index >= 15 is 0 Å². The van der Waals surface area contributed by atoms with Gasteiger partial charge in [0.15, 0.2) is 23.1 Å².